The fourth-order valence-electron chi connectivity index (χ4n) is 1.70. The number of nitrogens with two attached hydrogens (primary N) is 1. The second kappa shape index (κ2) is 4.63. The van der Waals surface area contributed by atoms with Gasteiger partial charge in [0, 0.05) is 25.7 Å². The number of aliphatic hydroxyl groups is 1. The van der Waals surface area contributed by atoms with Gasteiger partial charge in [0.1, 0.15) is 5.82 Å². The molecule has 0 aliphatic rings. The number of nitrogen functional groups attached to an aromatic ring is 1. The van der Waals surface area contributed by atoms with Crippen molar-refractivity contribution in [2.45, 2.75) is 26.5 Å². The van der Waals surface area contributed by atoms with Crippen LogP contribution in [0.4, 0.5) is 5.82 Å². The number of hydrogen-bond donors (Lipinski definition) is 2. The van der Waals surface area contributed by atoms with E-state index < -0.39 is 0 Å². The van der Waals surface area contributed by atoms with Crippen molar-refractivity contribution >= 4 is 5.82 Å². The number of aromatic nitrogens is 2. The minimum Gasteiger partial charge on any atom is -0.392 e. The smallest absolute Gasteiger partial charge is 0.126 e. The van der Waals surface area contributed by atoms with E-state index >= 15 is 0 Å². The summed E-state index contributed by atoms with van der Waals surface area (Å²) < 4.78 is 1.68. The van der Waals surface area contributed by atoms with Crippen molar-refractivity contribution in [1.82, 2.24) is 14.7 Å². The second-order valence-electron chi connectivity index (χ2n) is 4.12. The number of aliphatic hydroxyl groups excluding tert-OH is 1. The predicted octanol–water partition coefficient (Wildman–Crippen LogP) is 0.123. The van der Waals surface area contributed by atoms with Gasteiger partial charge in [0.15, 0.2) is 0 Å². The standard InChI is InChI=1S/C10H20N4O/c1-7(15)5-13(3)6-9-8(2)12-14(4)10(9)11/h7,15H,5-6,11H2,1-4H3. The topological polar surface area (TPSA) is 67.3 Å². The van der Waals surface area contributed by atoms with Crippen molar-refractivity contribution in [3.63, 3.8) is 0 Å². The average Bonchev–Trinajstić information content (AvgIpc) is 2.31. The maximum absolute atomic E-state index is 9.25. The third-order valence-corrected chi connectivity index (χ3v) is 2.40. The molecule has 0 aliphatic carbocycles. The maximum Gasteiger partial charge on any atom is 0.126 e. The van der Waals surface area contributed by atoms with Gasteiger partial charge in [0.25, 0.3) is 0 Å². The van der Waals surface area contributed by atoms with Gasteiger partial charge in [0.2, 0.25) is 0 Å². The van der Waals surface area contributed by atoms with E-state index in [-0.39, 0.29) is 6.10 Å². The molecule has 0 saturated carbocycles. The molecule has 1 heterocycles. The molecule has 1 rings (SSSR count). The Labute approximate surface area is 90.5 Å². The highest BCUT2D eigenvalue weighted by molar-refractivity contribution is 5.42. The maximum atomic E-state index is 9.25. The van der Waals surface area contributed by atoms with Gasteiger partial charge >= 0.3 is 0 Å². The minimum absolute atomic E-state index is 0.326. The first-order chi connectivity index (χ1) is 6.91. The molecule has 0 spiro atoms. The summed E-state index contributed by atoms with van der Waals surface area (Å²) in [4.78, 5) is 2.03. The Morgan fingerprint density at radius 2 is 2.20 bits per heavy atom. The van der Waals surface area contributed by atoms with E-state index in [0.717, 1.165) is 17.8 Å². The molecule has 0 bridgehead atoms. The van der Waals surface area contributed by atoms with Gasteiger partial charge in [-0.25, -0.2) is 0 Å². The quantitative estimate of drug-likeness (QED) is 0.744. The Bertz CT molecular complexity index is 332. The number of anilines is 1. The van der Waals surface area contributed by atoms with E-state index in [0.29, 0.717) is 12.4 Å². The summed E-state index contributed by atoms with van der Waals surface area (Å²) >= 11 is 0. The Morgan fingerprint density at radius 1 is 1.60 bits per heavy atom. The zero-order chi connectivity index (χ0) is 11.6. The zero-order valence-electron chi connectivity index (χ0n) is 9.86. The van der Waals surface area contributed by atoms with Crippen LogP contribution in [0.2, 0.25) is 0 Å². The number of rotatable bonds is 4. The minimum atomic E-state index is -0.326. The molecule has 86 valence electrons. The Morgan fingerprint density at radius 3 is 2.60 bits per heavy atom. The second-order valence-corrected chi connectivity index (χ2v) is 4.12. The lowest BCUT2D eigenvalue weighted by Gasteiger charge is -2.18. The van der Waals surface area contributed by atoms with Crippen LogP contribution >= 0.6 is 0 Å². The monoisotopic (exact) mass is 212 g/mol. The molecule has 0 aromatic carbocycles. The number of nitrogens with zero attached hydrogens (tertiary/aromatic N) is 3. The third kappa shape index (κ3) is 2.94. The van der Waals surface area contributed by atoms with Crippen molar-refractivity contribution in [2.75, 3.05) is 19.3 Å². The van der Waals surface area contributed by atoms with Crippen LogP contribution in [0, 0.1) is 6.92 Å². The molecule has 1 atom stereocenters. The number of likely N-dealkylation sites (N-methyl/N-ethyl adjacent to an activating group) is 1. The van der Waals surface area contributed by atoms with Crippen LogP contribution in [-0.4, -0.2) is 39.5 Å². The lowest BCUT2D eigenvalue weighted by Crippen LogP contribution is -2.27. The lowest BCUT2D eigenvalue weighted by molar-refractivity contribution is 0.138. The first-order valence-electron chi connectivity index (χ1n) is 5.06. The van der Waals surface area contributed by atoms with Crippen LogP contribution in [-0.2, 0) is 13.6 Å². The van der Waals surface area contributed by atoms with E-state index in [9.17, 15) is 5.11 Å². The highest BCUT2D eigenvalue weighted by atomic mass is 16.3. The van der Waals surface area contributed by atoms with Crippen molar-refractivity contribution in [3.8, 4) is 0 Å². The first kappa shape index (κ1) is 12.0. The molecule has 0 fully saturated rings. The average molecular weight is 212 g/mol. The lowest BCUT2D eigenvalue weighted by atomic mass is 10.2. The molecule has 0 amide bonds. The Hall–Kier alpha value is -1.07. The summed E-state index contributed by atoms with van der Waals surface area (Å²) in [6.07, 6.45) is -0.326. The molecule has 1 aromatic heterocycles. The summed E-state index contributed by atoms with van der Waals surface area (Å²) in [5, 5.41) is 13.5. The summed E-state index contributed by atoms with van der Waals surface area (Å²) in [5.74, 6) is 0.699. The molecular formula is C10H20N4O. The van der Waals surface area contributed by atoms with Gasteiger partial charge in [-0.3, -0.25) is 9.58 Å². The van der Waals surface area contributed by atoms with E-state index in [2.05, 4.69) is 5.10 Å². The van der Waals surface area contributed by atoms with Crippen molar-refractivity contribution in [2.24, 2.45) is 7.05 Å². The normalized spacial score (nSPS) is 13.5. The molecule has 0 aliphatic heterocycles. The Balaban J connectivity index is 2.71. The van der Waals surface area contributed by atoms with Crippen molar-refractivity contribution in [1.29, 1.82) is 0 Å². The van der Waals surface area contributed by atoms with Crippen LogP contribution in [0.15, 0.2) is 0 Å². The SMILES string of the molecule is Cc1nn(C)c(N)c1CN(C)CC(C)O. The van der Waals surface area contributed by atoms with Crippen molar-refractivity contribution in [3.05, 3.63) is 11.3 Å². The van der Waals surface area contributed by atoms with Crippen LogP contribution in [0.1, 0.15) is 18.2 Å². The number of hydrogen-bond acceptors (Lipinski definition) is 4. The van der Waals surface area contributed by atoms with Gasteiger partial charge in [-0.05, 0) is 20.9 Å². The highest BCUT2D eigenvalue weighted by Crippen LogP contribution is 2.16. The van der Waals surface area contributed by atoms with Crippen LogP contribution in [0.25, 0.3) is 0 Å². The fourth-order valence-corrected chi connectivity index (χ4v) is 1.70. The fraction of sp³-hybridized carbons (Fsp3) is 0.700. The predicted molar refractivity (Wildman–Crippen MR) is 60.4 cm³/mol. The third-order valence-electron chi connectivity index (χ3n) is 2.40. The summed E-state index contributed by atoms with van der Waals surface area (Å²) in [7, 11) is 3.79. The molecule has 5 heteroatoms. The molecule has 1 unspecified atom stereocenters. The van der Waals surface area contributed by atoms with Gasteiger partial charge in [-0.2, -0.15) is 5.10 Å². The van der Waals surface area contributed by atoms with E-state index in [1.807, 2.05) is 25.9 Å². The summed E-state index contributed by atoms with van der Waals surface area (Å²) in [5.41, 5.74) is 7.89. The molecule has 1 aromatic rings. The van der Waals surface area contributed by atoms with Crippen molar-refractivity contribution < 1.29 is 5.11 Å². The molecule has 3 N–H and O–H groups in total. The molecular weight excluding hydrogens is 192 g/mol. The largest absolute Gasteiger partial charge is 0.392 e. The summed E-state index contributed by atoms with van der Waals surface area (Å²) in [6.45, 7) is 5.07. The Kier molecular flexibility index (Phi) is 3.71. The molecule has 0 radical (unpaired) electrons. The van der Waals surface area contributed by atoms with Crippen LogP contribution < -0.4 is 5.73 Å². The molecule has 5 nitrogen and oxygen atoms in total. The van der Waals surface area contributed by atoms with Gasteiger partial charge in [0.05, 0.1) is 11.8 Å². The van der Waals surface area contributed by atoms with Crippen LogP contribution in [0.3, 0.4) is 0 Å². The van der Waals surface area contributed by atoms with Gasteiger partial charge < -0.3 is 10.8 Å². The molecule has 0 saturated heterocycles. The van der Waals surface area contributed by atoms with E-state index in [4.69, 9.17) is 5.73 Å². The number of aryl methyl sites for hydroxylation is 2. The summed E-state index contributed by atoms with van der Waals surface area (Å²) in [6, 6.07) is 0. The van der Waals surface area contributed by atoms with E-state index in [1.165, 1.54) is 0 Å². The van der Waals surface area contributed by atoms with E-state index in [1.54, 1.807) is 11.6 Å². The zero-order valence-corrected chi connectivity index (χ0v) is 9.86. The van der Waals surface area contributed by atoms with Gasteiger partial charge in [-0.1, -0.05) is 0 Å². The molecule has 15 heavy (non-hydrogen) atoms. The first-order valence-corrected chi connectivity index (χ1v) is 5.06. The highest BCUT2D eigenvalue weighted by Gasteiger charge is 2.13. The van der Waals surface area contributed by atoms with Crippen LogP contribution in [0.5, 0.6) is 0 Å². The van der Waals surface area contributed by atoms with Gasteiger partial charge in [-0.15, -0.1) is 0 Å².